The zero-order valence-electron chi connectivity index (χ0n) is 9.52. The molecule has 5 heteroatoms. The molecule has 0 amide bonds. The van der Waals surface area contributed by atoms with Crippen LogP contribution in [0.25, 0.3) is 0 Å². The molecule has 0 fully saturated rings. The summed E-state index contributed by atoms with van der Waals surface area (Å²) in [6.45, 7) is 1.85. The molecule has 0 radical (unpaired) electrons. The lowest BCUT2D eigenvalue weighted by Crippen LogP contribution is -2.26. The minimum absolute atomic E-state index is 0.304. The molecular weight excluding hydrogens is 219 g/mol. The van der Waals surface area contributed by atoms with Crippen molar-refractivity contribution < 1.29 is 17.9 Å². The predicted molar refractivity (Wildman–Crippen MR) is 54.7 cm³/mol. The number of nitriles is 1. The molecular formula is C11H18F3NO. The van der Waals surface area contributed by atoms with Crippen molar-refractivity contribution in [1.29, 1.82) is 5.26 Å². The second-order valence-corrected chi connectivity index (χ2v) is 3.71. The highest BCUT2D eigenvalue weighted by Gasteiger charge is 2.39. The Balaban J connectivity index is 3.47. The van der Waals surface area contributed by atoms with Crippen molar-refractivity contribution in [3.05, 3.63) is 0 Å². The van der Waals surface area contributed by atoms with Gasteiger partial charge in [0.05, 0.1) is 12.7 Å². The van der Waals surface area contributed by atoms with Gasteiger partial charge in [0, 0.05) is 6.61 Å². The van der Waals surface area contributed by atoms with Crippen molar-refractivity contribution in [3.63, 3.8) is 0 Å². The van der Waals surface area contributed by atoms with E-state index in [1.165, 1.54) is 6.07 Å². The molecule has 0 saturated carbocycles. The van der Waals surface area contributed by atoms with Crippen molar-refractivity contribution in [2.75, 3.05) is 13.2 Å². The fourth-order valence-corrected chi connectivity index (χ4v) is 1.21. The van der Waals surface area contributed by atoms with E-state index < -0.39 is 18.7 Å². The maximum absolute atomic E-state index is 12.1. The molecule has 0 heterocycles. The van der Waals surface area contributed by atoms with E-state index in [0.29, 0.717) is 6.61 Å². The summed E-state index contributed by atoms with van der Waals surface area (Å²) in [5, 5.41) is 8.28. The molecule has 0 aromatic heterocycles. The summed E-state index contributed by atoms with van der Waals surface area (Å²) in [6.07, 6.45) is 0.611. The first kappa shape index (κ1) is 15.2. The van der Waals surface area contributed by atoms with Crippen molar-refractivity contribution in [1.82, 2.24) is 0 Å². The average Bonchev–Trinajstić information content (AvgIpc) is 2.20. The fraction of sp³-hybridized carbons (Fsp3) is 0.909. The highest BCUT2D eigenvalue weighted by Crippen LogP contribution is 2.25. The first-order valence-electron chi connectivity index (χ1n) is 5.56. The maximum atomic E-state index is 12.1. The Morgan fingerprint density at radius 2 is 1.81 bits per heavy atom. The maximum Gasteiger partial charge on any atom is 0.406 e. The van der Waals surface area contributed by atoms with E-state index in [1.54, 1.807) is 0 Å². The van der Waals surface area contributed by atoms with Crippen molar-refractivity contribution in [2.24, 2.45) is 5.92 Å². The van der Waals surface area contributed by atoms with Gasteiger partial charge in [0.1, 0.15) is 0 Å². The minimum Gasteiger partial charge on any atom is -0.380 e. The first-order chi connectivity index (χ1) is 7.52. The zero-order valence-corrected chi connectivity index (χ0v) is 9.52. The lowest BCUT2D eigenvalue weighted by molar-refractivity contribution is -0.171. The van der Waals surface area contributed by atoms with Crippen LogP contribution in [0.1, 0.15) is 39.0 Å². The number of alkyl halides is 3. The number of rotatable bonds is 8. The van der Waals surface area contributed by atoms with Crippen LogP contribution in [0.3, 0.4) is 0 Å². The molecule has 1 atom stereocenters. The molecule has 0 rings (SSSR count). The van der Waals surface area contributed by atoms with Crippen LogP contribution in [0.2, 0.25) is 0 Å². The first-order valence-corrected chi connectivity index (χ1v) is 5.56. The minimum atomic E-state index is -4.48. The number of nitrogens with zero attached hydrogens (tertiary/aromatic N) is 1. The fourth-order valence-electron chi connectivity index (χ4n) is 1.21. The Hall–Kier alpha value is -0.760. The van der Waals surface area contributed by atoms with Gasteiger partial charge in [-0.05, 0) is 6.42 Å². The molecule has 94 valence electrons. The van der Waals surface area contributed by atoms with Gasteiger partial charge >= 0.3 is 6.18 Å². The van der Waals surface area contributed by atoms with Gasteiger partial charge in [-0.1, -0.05) is 32.6 Å². The van der Waals surface area contributed by atoms with E-state index in [0.717, 1.165) is 32.1 Å². The van der Waals surface area contributed by atoms with E-state index in [9.17, 15) is 13.2 Å². The van der Waals surface area contributed by atoms with E-state index in [1.807, 2.05) is 0 Å². The zero-order chi connectivity index (χ0) is 12.4. The second kappa shape index (κ2) is 8.40. The van der Waals surface area contributed by atoms with Gasteiger partial charge in [0.25, 0.3) is 0 Å². The number of unbranched alkanes of at least 4 members (excludes halogenated alkanes) is 4. The third-order valence-electron chi connectivity index (χ3n) is 2.23. The Morgan fingerprint density at radius 1 is 1.19 bits per heavy atom. The van der Waals surface area contributed by atoms with Gasteiger partial charge in [0.2, 0.25) is 0 Å². The predicted octanol–water partition coefficient (Wildman–Crippen LogP) is 3.68. The van der Waals surface area contributed by atoms with Crippen LogP contribution in [0.15, 0.2) is 0 Å². The van der Waals surface area contributed by atoms with Gasteiger partial charge in [-0.3, -0.25) is 0 Å². The van der Waals surface area contributed by atoms with Crippen LogP contribution in [0.5, 0.6) is 0 Å². The van der Waals surface area contributed by atoms with Crippen LogP contribution in [0, 0.1) is 17.2 Å². The lowest BCUT2D eigenvalue weighted by Gasteiger charge is -2.13. The number of ether oxygens (including phenoxy) is 1. The van der Waals surface area contributed by atoms with Gasteiger partial charge < -0.3 is 4.74 Å². The highest BCUT2D eigenvalue weighted by molar-refractivity contribution is 4.88. The topological polar surface area (TPSA) is 33.0 Å². The number of hydrogen-bond acceptors (Lipinski definition) is 2. The van der Waals surface area contributed by atoms with Crippen LogP contribution in [-0.4, -0.2) is 19.4 Å². The van der Waals surface area contributed by atoms with Gasteiger partial charge in [-0.15, -0.1) is 0 Å². The summed E-state index contributed by atoms with van der Waals surface area (Å²) in [6, 6.07) is 1.20. The molecule has 0 aromatic rings. The normalized spacial score (nSPS) is 13.4. The Bertz CT molecular complexity index is 210. The Kier molecular flexibility index (Phi) is 8.00. The molecule has 16 heavy (non-hydrogen) atoms. The molecule has 0 bridgehead atoms. The number of hydrogen-bond donors (Lipinski definition) is 0. The molecule has 0 saturated heterocycles. The summed E-state index contributed by atoms with van der Waals surface area (Å²) in [4.78, 5) is 0. The summed E-state index contributed by atoms with van der Waals surface area (Å²) in [7, 11) is 0. The van der Waals surface area contributed by atoms with E-state index >= 15 is 0 Å². The van der Waals surface area contributed by atoms with E-state index in [2.05, 4.69) is 6.92 Å². The molecule has 1 unspecified atom stereocenters. The van der Waals surface area contributed by atoms with Crippen molar-refractivity contribution in [3.8, 4) is 6.07 Å². The van der Waals surface area contributed by atoms with Crippen molar-refractivity contribution >= 4 is 0 Å². The van der Waals surface area contributed by atoms with Gasteiger partial charge in [-0.2, -0.15) is 18.4 Å². The molecule has 0 aliphatic rings. The molecule has 0 N–H and O–H groups in total. The highest BCUT2D eigenvalue weighted by atomic mass is 19.4. The van der Waals surface area contributed by atoms with E-state index in [4.69, 9.17) is 10.00 Å². The molecule has 0 aliphatic carbocycles. The smallest absolute Gasteiger partial charge is 0.380 e. The Morgan fingerprint density at radius 3 is 2.31 bits per heavy atom. The van der Waals surface area contributed by atoms with Gasteiger partial charge in [0.15, 0.2) is 5.92 Å². The second-order valence-electron chi connectivity index (χ2n) is 3.71. The third-order valence-corrected chi connectivity index (χ3v) is 2.23. The molecule has 0 aromatic carbocycles. The summed E-state index contributed by atoms with van der Waals surface area (Å²) in [5.74, 6) is -2.00. The largest absolute Gasteiger partial charge is 0.406 e. The summed E-state index contributed by atoms with van der Waals surface area (Å²) < 4.78 is 41.1. The molecule has 0 spiro atoms. The SMILES string of the molecule is CCCCCCCOCC(C#N)C(F)(F)F. The number of halogens is 3. The van der Waals surface area contributed by atoms with Crippen LogP contribution in [0.4, 0.5) is 13.2 Å². The van der Waals surface area contributed by atoms with E-state index in [-0.39, 0.29) is 0 Å². The lowest BCUT2D eigenvalue weighted by atomic mass is 10.1. The van der Waals surface area contributed by atoms with Gasteiger partial charge in [-0.25, -0.2) is 0 Å². The molecule has 0 aliphatic heterocycles. The quantitative estimate of drug-likeness (QED) is 0.603. The average molecular weight is 237 g/mol. The van der Waals surface area contributed by atoms with Crippen LogP contribution in [-0.2, 0) is 4.74 Å². The summed E-state index contributed by atoms with van der Waals surface area (Å²) >= 11 is 0. The summed E-state index contributed by atoms with van der Waals surface area (Å²) in [5.41, 5.74) is 0. The standard InChI is InChI=1S/C11H18F3NO/c1-2-3-4-5-6-7-16-9-10(8-15)11(12,13)14/h10H,2-7,9H2,1H3. The molecule has 2 nitrogen and oxygen atoms in total. The van der Waals surface area contributed by atoms with Crippen LogP contribution < -0.4 is 0 Å². The Labute approximate surface area is 94.4 Å². The monoisotopic (exact) mass is 237 g/mol. The van der Waals surface area contributed by atoms with Crippen molar-refractivity contribution in [2.45, 2.75) is 45.2 Å². The van der Waals surface area contributed by atoms with Crippen LogP contribution >= 0.6 is 0 Å². The third kappa shape index (κ3) is 7.52.